The lowest BCUT2D eigenvalue weighted by atomic mass is 10.0. The van der Waals surface area contributed by atoms with Gasteiger partial charge in [-0.3, -0.25) is 0 Å². The molecule has 1 atom stereocenters. The van der Waals surface area contributed by atoms with Gasteiger partial charge in [0.15, 0.2) is 0 Å². The number of carboxylic acid groups (broad SMARTS) is 1. The van der Waals surface area contributed by atoms with Gasteiger partial charge in [0.25, 0.3) is 0 Å². The molecule has 0 saturated carbocycles. The normalized spacial score (nSPS) is 13.0. The van der Waals surface area contributed by atoms with E-state index in [9.17, 15) is 9.90 Å². The van der Waals surface area contributed by atoms with Crippen LogP contribution in [0.25, 0.3) is 0 Å². The summed E-state index contributed by atoms with van der Waals surface area (Å²) in [5.41, 5.74) is 0.226. The Morgan fingerprint density at radius 2 is 0.933 bits per heavy atom. The molecule has 0 radical (unpaired) electrons. The lowest BCUT2D eigenvalue weighted by Crippen LogP contribution is -2.06. The quantitative estimate of drug-likeness (QED) is 0.119. The number of rotatable bonds is 23. The van der Waals surface area contributed by atoms with Crippen molar-refractivity contribution in [1.29, 1.82) is 0 Å². The second-order valence-corrected chi connectivity index (χ2v) is 8.95. The maximum absolute atomic E-state index is 10.7. The molecule has 1 unspecified atom stereocenters. The second kappa shape index (κ2) is 22.8. The largest absolute Gasteiger partial charge is 0.478 e. The zero-order chi connectivity index (χ0) is 22.3. The van der Waals surface area contributed by atoms with Crippen LogP contribution in [0.15, 0.2) is 11.6 Å². The molecule has 0 aromatic carbocycles. The van der Waals surface area contributed by atoms with Crippen molar-refractivity contribution in [2.24, 2.45) is 0 Å². The van der Waals surface area contributed by atoms with E-state index >= 15 is 0 Å². The van der Waals surface area contributed by atoms with Gasteiger partial charge >= 0.3 is 5.97 Å². The summed E-state index contributed by atoms with van der Waals surface area (Å²) in [6.07, 6.45) is 26.0. The predicted octanol–water partition coefficient (Wildman–Crippen LogP) is 7.17. The molecule has 0 amide bonds. The Balaban J connectivity index is 3.18. The summed E-state index contributed by atoms with van der Waals surface area (Å²) < 4.78 is 0. The van der Waals surface area contributed by atoms with E-state index in [1.54, 1.807) is 0 Å². The lowest BCUT2D eigenvalue weighted by molar-refractivity contribution is -0.132. The molecule has 0 bridgehead atoms. The number of hydrogen-bond donors (Lipinski definition) is 3. The molecule has 0 rings (SSSR count). The summed E-state index contributed by atoms with van der Waals surface area (Å²) in [5, 5.41) is 27.3. The summed E-state index contributed by atoms with van der Waals surface area (Å²) in [6.45, 7) is 1.87. The van der Waals surface area contributed by atoms with Crippen LogP contribution in [-0.2, 0) is 4.79 Å². The van der Waals surface area contributed by atoms with E-state index in [1.165, 1.54) is 116 Å². The maximum Gasteiger partial charge on any atom is 0.331 e. The minimum absolute atomic E-state index is 0.226. The van der Waals surface area contributed by atoms with Crippen molar-refractivity contribution < 1.29 is 20.1 Å². The summed E-state index contributed by atoms with van der Waals surface area (Å²) in [5.74, 6) is -0.953. The van der Waals surface area contributed by atoms with Crippen molar-refractivity contribution in [2.75, 3.05) is 6.61 Å². The summed E-state index contributed by atoms with van der Waals surface area (Å²) >= 11 is 0. The van der Waals surface area contributed by atoms with E-state index in [0.29, 0.717) is 13.0 Å². The first-order chi connectivity index (χ1) is 14.6. The van der Waals surface area contributed by atoms with Gasteiger partial charge < -0.3 is 15.3 Å². The van der Waals surface area contributed by atoms with Crippen molar-refractivity contribution in [3.8, 4) is 0 Å². The molecule has 0 aliphatic heterocycles. The number of unbranched alkanes of at least 4 members (excludes halogenated alkanes) is 18. The molecule has 0 aromatic rings. The SMILES string of the molecule is CC(=CC(O)CCCCCCCCCCCCCCCCCCCCCO)C(=O)O. The van der Waals surface area contributed by atoms with Crippen LogP contribution in [0.4, 0.5) is 0 Å². The van der Waals surface area contributed by atoms with Crippen molar-refractivity contribution >= 4 is 5.97 Å². The van der Waals surface area contributed by atoms with Gasteiger partial charge in [0.2, 0.25) is 0 Å². The first-order valence-corrected chi connectivity index (χ1v) is 12.8. The minimum Gasteiger partial charge on any atom is -0.478 e. The van der Waals surface area contributed by atoms with Crippen LogP contribution in [-0.4, -0.2) is 34.0 Å². The highest BCUT2D eigenvalue weighted by Gasteiger charge is 2.05. The van der Waals surface area contributed by atoms with Gasteiger partial charge in [-0.1, -0.05) is 116 Å². The molecule has 0 aliphatic rings. The highest BCUT2D eigenvalue weighted by Crippen LogP contribution is 2.15. The summed E-state index contributed by atoms with van der Waals surface area (Å²) in [4.78, 5) is 10.7. The Morgan fingerprint density at radius 3 is 1.23 bits per heavy atom. The Bertz CT molecular complexity index is 406. The maximum atomic E-state index is 10.7. The predicted molar refractivity (Wildman–Crippen MR) is 127 cm³/mol. The molecule has 0 aromatic heterocycles. The van der Waals surface area contributed by atoms with Crippen LogP contribution in [0.3, 0.4) is 0 Å². The third-order valence-corrected chi connectivity index (χ3v) is 5.94. The van der Waals surface area contributed by atoms with E-state index in [-0.39, 0.29) is 5.57 Å². The van der Waals surface area contributed by atoms with E-state index in [4.69, 9.17) is 10.2 Å². The molecule has 0 fully saturated rings. The van der Waals surface area contributed by atoms with E-state index in [0.717, 1.165) is 19.3 Å². The van der Waals surface area contributed by atoms with Crippen molar-refractivity contribution in [1.82, 2.24) is 0 Å². The summed E-state index contributed by atoms with van der Waals surface area (Å²) in [7, 11) is 0. The van der Waals surface area contributed by atoms with Crippen LogP contribution in [0.2, 0.25) is 0 Å². The Kier molecular flexibility index (Phi) is 22.1. The zero-order valence-electron chi connectivity index (χ0n) is 19.8. The smallest absolute Gasteiger partial charge is 0.331 e. The van der Waals surface area contributed by atoms with Crippen LogP contribution >= 0.6 is 0 Å². The fourth-order valence-corrected chi connectivity index (χ4v) is 3.91. The van der Waals surface area contributed by atoms with Gasteiger partial charge in [-0.15, -0.1) is 0 Å². The lowest BCUT2D eigenvalue weighted by Gasteiger charge is -2.06. The number of carboxylic acids is 1. The number of hydrogen-bond acceptors (Lipinski definition) is 3. The molecule has 0 spiro atoms. The van der Waals surface area contributed by atoms with E-state index < -0.39 is 12.1 Å². The number of aliphatic hydroxyl groups excluding tert-OH is 2. The average molecular weight is 427 g/mol. The Hall–Kier alpha value is -0.870. The number of aliphatic carboxylic acids is 1. The average Bonchev–Trinajstić information content (AvgIpc) is 2.72. The van der Waals surface area contributed by atoms with Gasteiger partial charge in [-0.25, -0.2) is 4.79 Å². The van der Waals surface area contributed by atoms with Gasteiger partial charge in [-0.2, -0.15) is 0 Å². The first-order valence-electron chi connectivity index (χ1n) is 12.8. The second-order valence-electron chi connectivity index (χ2n) is 8.95. The topological polar surface area (TPSA) is 77.8 Å². The summed E-state index contributed by atoms with van der Waals surface area (Å²) in [6, 6.07) is 0. The van der Waals surface area contributed by atoms with Gasteiger partial charge in [-0.05, 0) is 25.8 Å². The molecule has 4 heteroatoms. The van der Waals surface area contributed by atoms with Crippen molar-refractivity contribution in [2.45, 2.75) is 141 Å². The molecular weight excluding hydrogens is 376 g/mol. The minimum atomic E-state index is -0.953. The highest BCUT2D eigenvalue weighted by molar-refractivity contribution is 5.85. The molecular formula is C26H50O4. The van der Waals surface area contributed by atoms with Crippen LogP contribution in [0, 0.1) is 0 Å². The molecule has 0 aliphatic carbocycles. The zero-order valence-corrected chi connectivity index (χ0v) is 19.8. The van der Waals surface area contributed by atoms with Crippen LogP contribution in [0.1, 0.15) is 135 Å². The van der Waals surface area contributed by atoms with Crippen LogP contribution in [0.5, 0.6) is 0 Å². The number of carbonyl (C=O) groups is 1. The third kappa shape index (κ3) is 21.8. The first kappa shape index (κ1) is 29.1. The van der Waals surface area contributed by atoms with Gasteiger partial charge in [0, 0.05) is 12.2 Å². The van der Waals surface area contributed by atoms with Crippen LogP contribution < -0.4 is 0 Å². The third-order valence-electron chi connectivity index (χ3n) is 5.94. The monoisotopic (exact) mass is 426 g/mol. The molecule has 0 saturated heterocycles. The van der Waals surface area contributed by atoms with E-state index in [1.807, 2.05) is 0 Å². The standard InChI is InChI=1S/C26H50O4/c1-24(26(29)30)23-25(28)21-19-17-15-13-11-9-7-5-3-2-4-6-8-10-12-14-16-18-20-22-27/h23,25,27-28H,2-22H2,1H3,(H,29,30). The van der Waals surface area contributed by atoms with E-state index in [2.05, 4.69) is 0 Å². The highest BCUT2D eigenvalue weighted by atomic mass is 16.4. The number of aliphatic hydroxyl groups is 2. The van der Waals surface area contributed by atoms with Gasteiger partial charge in [0.05, 0.1) is 6.10 Å². The fourth-order valence-electron chi connectivity index (χ4n) is 3.91. The molecule has 3 N–H and O–H groups in total. The molecule has 30 heavy (non-hydrogen) atoms. The van der Waals surface area contributed by atoms with Crippen molar-refractivity contribution in [3.05, 3.63) is 11.6 Å². The molecule has 178 valence electrons. The molecule has 4 nitrogen and oxygen atoms in total. The van der Waals surface area contributed by atoms with Gasteiger partial charge in [0.1, 0.15) is 0 Å². The Morgan fingerprint density at radius 1 is 0.633 bits per heavy atom. The fraction of sp³-hybridized carbons (Fsp3) is 0.885. The van der Waals surface area contributed by atoms with Crippen molar-refractivity contribution in [3.63, 3.8) is 0 Å². The molecule has 0 heterocycles. The Labute approximate surface area is 186 Å².